The Kier molecular flexibility index (Phi) is 5.80. The van der Waals surface area contributed by atoms with Crippen LogP contribution < -0.4 is 0 Å². The average Bonchev–Trinajstić information content (AvgIpc) is 3.31. The Bertz CT molecular complexity index is 1120. The molecule has 4 aromatic rings. The van der Waals surface area contributed by atoms with Crippen molar-refractivity contribution in [2.75, 3.05) is 0 Å². The first-order valence-corrected chi connectivity index (χ1v) is 9.07. The first-order valence-electron chi connectivity index (χ1n) is 9.07. The van der Waals surface area contributed by atoms with Crippen LogP contribution in [0.2, 0.25) is 0 Å². The molecule has 4 rings (SSSR count). The van der Waals surface area contributed by atoms with Gasteiger partial charge in [-0.3, -0.25) is 4.68 Å². The monoisotopic (exact) mass is 377 g/mol. The molecule has 142 valence electrons. The van der Waals surface area contributed by atoms with Gasteiger partial charge in [-0.2, -0.15) is 10.4 Å². The molecule has 0 fully saturated rings. The van der Waals surface area contributed by atoms with Crippen LogP contribution in [-0.2, 0) is 6.54 Å². The minimum atomic E-state index is -0.311. The molecule has 3 heterocycles. The predicted molar refractivity (Wildman–Crippen MR) is 105 cm³/mol. The van der Waals surface area contributed by atoms with Gasteiger partial charge in [0.2, 0.25) is 5.71 Å². The van der Waals surface area contributed by atoms with E-state index in [0.29, 0.717) is 30.1 Å². The number of fused-ring (bicyclic) bond motifs is 1. The minimum absolute atomic E-state index is 0.311. The number of furan rings is 1. The highest BCUT2D eigenvalue weighted by Gasteiger charge is 2.18. The number of rotatable bonds is 4. The fourth-order valence-corrected chi connectivity index (χ4v) is 2.89. The lowest BCUT2D eigenvalue weighted by Gasteiger charge is -2.03. The Labute approximate surface area is 162 Å². The fourth-order valence-electron chi connectivity index (χ4n) is 2.89. The molecule has 1 aromatic carbocycles. The van der Waals surface area contributed by atoms with Crippen LogP contribution in [0.1, 0.15) is 26.0 Å². The maximum absolute atomic E-state index is 13.3. The van der Waals surface area contributed by atoms with Crippen molar-refractivity contribution < 1.29 is 8.81 Å². The summed E-state index contributed by atoms with van der Waals surface area (Å²) in [5, 5.41) is 14.2. The Morgan fingerprint density at radius 2 is 1.89 bits per heavy atom. The quantitative estimate of drug-likeness (QED) is 0.492. The zero-order valence-corrected chi connectivity index (χ0v) is 16.0. The molecule has 0 spiro atoms. The maximum atomic E-state index is 13.3. The van der Waals surface area contributed by atoms with Crippen molar-refractivity contribution in [3.05, 3.63) is 54.4 Å². The van der Waals surface area contributed by atoms with E-state index >= 15 is 0 Å². The highest BCUT2D eigenvalue weighted by molar-refractivity contribution is 5.94. The summed E-state index contributed by atoms with van der Waals surface area (Å²) in [7, 11) is 0. The number of hydrogen-bond donors (Lipinski definition) is 0. The van der Waals surface area contributed by atoms with Crippen LogP contribution >= 0.6 is 0 Å². The molecule has 6 nitrogen and oxygen atoms in total. The summed E-state index contributed by atoms with van der Waals surface area (Å²) in [5.41, 5.74) is 3.41. The van der Waals surface area contributed by atoms with E-state index in [2.05, 4.69) is 21.1 Å². The minimum Gasteiger partial charge on any atom is -0.443 e. The van der Waals surface area contributed by atoms with Crippen molar-refractivity contribution in [1.29, 1.82) is 5.26 Å². The summed E-state index contributed by atoms with van der Waals surface area (Å²) < 4.78 is 20.6. The number of nitriles is 1. The van der Waals surface area contributed by atoms with Crippen LogP contribution in [0.25, 0.3) is 33.6 Å². The lowest BCUT2D eigenvalue weighted by Crippen LogP contribution is -1.97. The number of hydrogen-bond acceptors (Lipinski definition) is 5. The summed E-state index contributed by atoms with van der Waals surface area (Å²) in [6, 6.07) is 10.1. The van der Waals surface area contributed by atoms with Gasteiger partial charge < -0.3 is 4.42 Å². The highest BCUT2D eigenvalue weighted by Crippen LogP contribution is 2.34. The molecular weight excluding hydrogens is 357 g/mol. The van der Waals surface area contributed by atoms with Gasteiger partial charge in [-0.05, 0) is 37.3 Å². The molecule has 0 aliphatic heterocycles. The van der Waals surface area contributed by atoms with Crippen molar-refractivity contribution in [2.24, 2.45) is 0 Å². The van der Waals surface area contributed by atoms with Gasteiger partial charge in [0.1, 0.15) is 23.6 Å². The topological polar surface area (TPSA) is 80.5 Å². The van der Waals surface area contributed by atoms with Crippen LogP contribution in [0.4, 0.5) is 4.39 Å². The zero-order chi connectivity index (χ0) is 20.1. The van der Waals surface area contributed by atoms with E-state index in [9.17, 15) is 4.39 Å². The number of halogens is 1. The van der Waals surface area contributed by atoms with E-state index in [1.165, 1.54) is 18.5 Å². The summed E-state index contributed by atoms with van der Waals surface area (Å²) in [4.78, 5) is 8.59. The summed E-state index contributed by atoms with van der Waals surface area (Å²) in [5.74, 6) is 0.427. The molecule has 0 saturated carbocycles. The van der Waals surface area contributed by atoms with Gasteiger partial charge in [-0.1, -0.05) is 13.8 Å². The lowest BCUT2D eigenvalue weighted by atomic mass is 10.0. The van der Waals surface area contributed by atoms with E-state index in [1.54, 1.807) is 16.8 Å². The summed E-state index contributed by atoms with van der Waals surface area (Å²) in [6.07, 6.45) is 3.63. The molecule has 0 aliphatic rings. The van der Waals surface area contributed by atoms with Crippen molar-refractivity contribution >= 4 is 11.1 Å². The molecule has 28 heavy (non-hydrogen) atoms. The van der Waals surface area contributed by atoms with Gasteiger partial charge in [0.15, 0.2) is 0 Å². The molecular formula is C21H20FN5O. The third-order valence-electron chi connectivity index (χ3n) is 4.04. The Hall–Kier alpha value is -3.53. The lowest BCUT2D eigenvalue weighted by molar-refractivity contribution is 0.567. The van der Waals surface area contributed by atoms with Crippen molar-refractivity contribution in [2.45, 2.75) is 33.7 Å². The molecule has 7 heteroatoms. The highest BCUT2D eigenvalue weighted by atomic mass is 19.1. The molecule has 0 saturated heterocycles. The molecule has 0 amide bonds. The normalized spacial score (nSPS) is 10.4. The van der Waals surface area contributed by atoms with E-state index in [4.69, 9.17) is 9.68 Å². The van der Waals surface area contributed by atoms with E-state index < -0.39 is 0 Å². The smallest absolute Gasteiger partial charge is 0.229 e. The second-order valence-corrected chi connectivity index (χ2v) is 5.87. The van der Waals surface area contributed by atoms with Gasteiger partial charge in [0.25, 0.3) is 0 Å². The maximum Gasteiger partial charge on any atom is 0.229 e. The van der Waals surface area contributed by atoms with Gasteiger partial charge in [0, 0.05) is 17.3 Å². The van der Waals surface area contributed by atoms with Crippen LogP contribution in [0.5, 0.6) is 0 Å². The summed E-state index contributed by atoms with van der Waals surface area (Å²) >= 11 is 0. The van der Waals surface area contributed by atoms with Gasteiger partial charge in [-0.25, -0.2) is 14.4 Å². The number of benzene rings is 1. The van der Waals surface area contributed by atoms with Crippen LogP contribution in [0.15, 0.2) is 47.3 Å². The number of nitrogens with zero attached hydrogens (tertiary/aromatic N) is 5. The third-order valence-corrected chi connectivity index (χ3v) is 4.04. The van der Waals surface area contributed by atoms with E-state index in [1.807, 2.05) is 33.0 Å². The summed E-state index contributed by atoms with van der Waals surface area (Å²) in [6.45, 7) is 6.31. The molecule has 0 unspecified atom stereocenters. The molecule has 0 atom stereocenters. The molecule has 0 radical (unpaired) electrons. The predicted octanol–water partition coefficient (Wildman–Crippen LogP) is 5.14. The Morgan fingerprint density at radius 3 is 2.61 bits per heavy atom. The van der Waals surface area contributed by atoms with E-state index in [-0.39, 0.29) is 5.82 Å². The second kappa shape index (κ2) is 8.44. The third kappa shape index (κ3) is 3.76. The van der Waals surface area contributed by atoms with Crippen LogP contribution in [-0.4, -0.2) is 19.7 Å². The average molecular weight is 377 g/mol. The SMILES string of the molecule is CC.Cc1cc2c(-c3cn(CCC#N)nc3-c3ccc(F)cc3)ncnc2o1. The van der Waals surface area contributed by atoms with Crippen LogP contribution in [0.3, 0.4) is 0 Å². The molecule has 0 bridgehead atoms. The van der Waals surface area contributed by atoms with Gasteiger partial charge in [0.05, 0.1) is 30.1 Å². The first-order chi connectivity index (χ1) is 13.7. The largest absolute Gasteiger partial charge is 0.443 e. The number of aromatic nitrogens is 4. The first kappa shape index (κ1) is 19.2. The van der Waals surface area contributed by atoms with Gasteiger partial charge in [-0.15, -0.1) is 0 Å². The van der Waals surface area contributed by atoms with Crippen LogP contribution in [0, 0.1) is 24.1 Å². The zero-order valence-electron chi connectivity index (χ0n) is 16.0. The fraction of sp³-hybridized carbons (Fsp3) is 0.238. The molecule has 3 aromatic heterocycles. The van der Waals surface area contributed by atoms with Gasteiger partial charge >= 0.3 is 0 Å². The Morgan fingerprint density at radius 1 is 1.14 bits per heavy atom. The number of aryl methyl sites for hydroxylation is 2. The Balaban J connectivity index is 0.00000109. The molecule has 0 aliphatic carbocycles. The standard InChI is InChI=1S/C19H14FN5O.C2H6/c1-12-9-15-18(22-11-23-19(15)26-12)16-10-25(8-2-7-21)24-17(16)13-3-5-14(20)6-4-13;1-2/h3-6,9-11H,2,8H2,1H3;1-2H3. The van der Waals surface area contributed by atoms with Crippen molar-refractivity contribution in [3.8, 4) is 28.6 Å². The van der Waals surface area contributed by atoms with Crippen molar-refractivity contribution in [3.63, 3.8) is 0 Å². The second-order valence-electron chi connectivity index (χ2n) is 5.87. The van der Waals surface area contributed by atoms with Crippen molar-refractivity contribution in [1.82, 2.24) is 19.7 Å². The molecule has 0 N–H and O–H groups in total. The van der Waals surface area contributed by atoms with E-state index in [0.717, 1.165) is 22.3 Å².